The fraction of sp³-hybridized carbons (Fsp3) is 0.571. The van der Waals surface area contributed by atoms with E-state index in [0.717, 1.165) is 15.8 Å². The third-order valence-corrected chi connectivity index (χ3v) is 3.49. The maximum absolute atomic E-state index is 5.60. The minimum atomic E-state index is 0. The molecule has 5 heteroatoms. The molecule has 0 radical (unpaired) electrons. The highest BCUT2D eigenvalue weighted by Gasteiger charge is 2.00. The number of halogens is 1. The molecule has 0 saturated carbocycles. The molecule has 1 unspecified atom stereocenters. The van der Waals surface area contributed by atoms with Crippen LogP contribution in [0.5, 0.6) is 0 Å². The summed E-state index contributed by atoms with van der Waals surface area (Å²) in [6.07, 6.45) is 0. The van der Waals surface area contributed by atoms with Gasteiger partial charge in [-0.25, -0.2) is 4.98 Å². The molecule has 2 N–H and O–H groups in total. The molecule has 0 saturated heterocycles. The van der Waals surface area contributed by atoms with Gasteiger partial charge in [0.05, 0.1) is 0 Å². The van der Waals surface area contributed by atoms with E-state index in [-0.39, 0.29) is 18.4 Å². The lowest BCUT2D eigenvalue weighted by molar-refractivity contribution is 0.846. The summed E-state index contributed by atoms with van der Waals surface area (Å²) in [6.45, 7) is 4.01. The van der Waals surface area contributed by atoms with Crippen molar-refractivity contribution in [1.29, 1.82) is 0 Å². The second-order valence-corrected chi connectivity index (χ2v) is 4.67. The minimum absolute atomic E-state index is 0. The highest BCUT2D eigenvalue weighted by molar-refractivity contribution is 8.01. The molecule has 12 heavy (non-hydrogen) atoms. The van der Waals surface area contributed by atoms with Crippen molar-refractivity contribution in [2.24, 2.45) is 5.73 Å². The smallest absolute Gasteiger partial charge is 0.150 e. The lowest BCUT2D eigenvalue weighted by Gasteiger charge is -1.99. The number of aryl methyl sites for hydroxylation is 1. The van der Waals surface area contributed by atoms with E-state index in [9.17, 15) is 0 Å². The number of hydrogen-bond donors (Lipinski definition) is 1. The maximum Gasteiger partial charge on any atom is 0.150 e. The van der Waals surface area contributed by atoms with Crippen molar-refractivity contribution in [2.45, 2.75) is 24.2 Å². The first-order valence-corrected chi connectivity index (χ1v) is 5.35. The minimum Gasteiger partial charge on any atom is -0.327 e. The van der Waals surface area contributed by atoms with Crippen molar-refractivity contribution >= 4 is 35.5 Å². The van der Waals surface area contributed by atoms with E-state index < -0.39 is 0 Å². The van der Waals surface area contributed by atoms with Gasteiger partial charge in [0.1, 0.15) is 4.34 Å². The van der Waals surface area contributed by atoms with Gasteiger partial charge in [-0.05, 0) is 13.8 Å². The van der Waals surface area contributed by atoms with E-state index >= 15 is 0 Å². The molecule has 1 aromatic heterocycles. The Kier molecular flexibility index (Phi) is 5.92. The molecule has 0 bridgehead atoms. The predicted octanol–water partition coefficient (Wildman–Crippen LogP) is 2.31. The molecular formula is C7H13ClN2S2. The molecule has 1 rings (SSSR count). The SMILES string of the molecule is Cc1csc(SCC(C)N)n1.Cl. The summed E-state index contributed by atoms with van der Waals surface area (Å²) in [7, 11) is 0. The summed E-state index contributed by atoms with van der Waals surface area (Å²) in [6, 6.07) is 0.254. The topological polar surface area (TPSA) is 38.9 Å². The van der Waals surface area contributed by atoms with Crippen LogP contribution in [0.15, 0.2) is 9.72 Å². The van der Waals surface area contributed by atoms with E-state index in [0.29, 0.717) is 0 Å². The lowest BCUT2D eigenvalue weighted by Crippen LogP contribution is -2.17. The number of hydrogen-bond acceptors (Lipinski definition) is 4. The second-order valence-electron chi connectivity index (χ2n) is 2.54. The van der Waals surface area contributed by atoms with E-state index in [1.807, 2.05) is 13.8 Å². The monoisotopic (exact) mass is 224 g/mol. The number of thioether (sulfide) groups is 1. The van der Waals surface area contributed by atoms with Crippen molar-refractivity contribution in [1.82, 2.24) is 4.98 Å². The molecule has 0 aromatic carbocycles. The van der Waals surface area contributed by atoms with Gasteiger partial charge in [0.25, 0.3) is 0 Å². The molecule has 0 aliphatic carbocycles. The normalized spacial score (nSPS) is 12.2. The summed E-state index contributed by atoms with van der Waals surface area (Å²) in [5.74, 6) is 0.951. The van der Waals surface area contributed by atoms with Crippen LogP contribution in [0.4, 0.5) is 0 Å². The van der Waals surface area contributed by atoms with Crippen molar-refractivity contribution in [2.75, 3.05) is 5.75 Å². The first kappa shape index (κ1) is 12.2. The molecule has 0 aliphatic heterocycles. The van der Waals surface area contributed by atoms with Crippen LogP contribution in [0.3, 0.4) is 0 Å². The standard InChI is InChI=1S/C7H12N2S2.ClH/c1-5(8)3-10-7-9-6(2)4-11-7;/h4-5H,3,8H2,1-2H3;1H. The Morgan fingerprint density at radius 1 is 1.75 bits per heavy atom. The van der Waals surface area contributed by atoms with Gasteiger partial charge in [-0.1, -0.05) is 11.8 Å². The van der Waals surface area contributed by atoms with Gasteiger partial charge >= 0.3 is 0 Å². The summed E-state index contributed by atoms with van der Waals surface area (Å²) in [5.41, 5.74) is 6.70. The highest BCUT2D eigenvalue weighted by Crippen LogP contribution is 2.22. The van der Waals surface area contributed by atoms with Gasteiger partial charge in [-0.3, -0.25) is 0 Å². The molecule has 1 aromatic rings. The van der Waals surface area contributed by atoms with E-state index in [1.165, 1.54) is 0 Å². The number of rotatable bonds is 3. The Morgan fingerprint density at radius 2 is 2.42 bits per heavy atom. The van der Waals surface area contributed by atoms with Crippen molar-refractivity contribution < 1.29 is 0 Å². The van der Waals surface area contributed by atoms with Crippen molar-refractivity contribution in [3.63, 3.8) is 0 Å². The fourth-order valence-corrected chi connectivity index (χ4v) is 2.36. The number of nitrogens with zero attached hydrogens (tertiary/aromatic N) is 1. The van der Waals surface area contributed by atoms with Crippen molar-refractivity contribution in [3.8, 4) is 0 Å². The van der Waals surface area contributed by atoms with Crippen molar-refractivity contribution in [3.05, 3.63) is 11.1 Å². The summed E-state index contributed by atoms with van der Waals surface area (Å²) >= 11 is 3.42. The summed E-state index contributed by atoms with van der Waals surface area (Å²) in [5, 5.41) is 2.06. The molecule has 2 nitrogen and oxygen atoms in total. The number of nitrogens with two attached hydrogens (primary N) is 1. The largest absolute Gasteiger partial charge is 0.327 e. The third-order valence-electron chi connectivity index (χ3n) is 1.07. The highest BCUT2D eigenvalue weighted by atomic mass is 35.5. The van der Waals surface area contributed by atoms with E-state index in [2.05, 4.69) is 10.4 Å². The molecule has 0 spiro atoms. The average Bonchev–Trinajstić information content (AvgIpc) is 2.31. The Labute approximate surface area is 87.4 Å². The second kappa shape index (κ2) is 5.80. The molecule has 70 valence electrons. The molecule has 1 atom stereocenters. The Balaban J connectivity index is 0.00000121. The average molecular weight is 225 g/mol. The van der Waals surface area contributed by atoms with Crippen LogP contribution < -0.4 is 5.73 Å². The Bertz CT molecular complexity index is 225. The van der Waals surface area contributed by atoms with Crippen LogP contribution in [0.25, 0.3) is 0 Å². The lowest BCUT2D eigenvalue weighted by atomic mass is 10.4. The van der Waals surface area contributed by atoms with E-state index in [1.54, 1.807) is 23.1 Å². The zero-order valence-corrected chi connectivity index (χ0v) is 9.56. The molecule has 0 amide bonds. The molecule has 1 heterocycles. The molecule has 0 aliphatic rings. The maximum atomic E-state index is 5.60. The summed E-state index contributed by atoms with van der Waals surface area (Å²) in [4.78, 5) is 4.31. The van der Waals surface area contributed by atoms with Gasteiger partial charge < -0.3 is 5.73 Å². The Hall–Kier alpha value is 0.230. The predicted molar refractivity (Wildman–Crippen MR) is 58.5 cm³/mol. The van der Waals surface area contributed by atoms with Crippen LogP contribution in [0.2, 0.25) is 0 Å². The van der Waals surface area contributed by atoms with Crippen LogP contribution in [0.1, 0.15) is 12.6 Å². The van der Waals surface area contributed by atoms with Crippen LogP contribution >= 0.6 is 35.5 Å². The fourth-order valence-electron chi connectivity index (χ4n) is 0.601. The molecule has 0 fully saturated rings. The molecular weight excluding hydrogens is 212 g/mol. The number of aromatic nitrogens is 1. The van der Waals surface area contributed by atoms with Gasteiger partial charge in [0, 0.05) is 22.9 Å². The Morgan fingerprint density at radius 3 is 2.83 bits per heavy atom. The van der Waals surface area contributed by atoms with Crippen LogP contribution in [0, 0.1) is 6.92 Å². The first-order chi connectivity index (χ1) is 5.18. The van der Waals surface area contributed by atoms with Crippen LogP contribution in [-0.2, 0) is 0 Å². The van der Waals surface area contributed by atoms with Gasteiger partial charge in [-0.15, -0.1) is 23.7 Å². The van der Waals surface area contributed by atoms with Gasteiger partial charge in [-0.2, -0.15) is 0 Å². The first-order valence-electron chi connectivity index (χ1n) is 3.49. The quantitative estimate of drug-likeness (QED) is 0.801. The zero-order chi connectivity index (χ0) is 8.27. The third kappa shape index (κ3) is 4.30. The number of thiazole rings is 1. The van der Waals surface area contributed by atoms with E-state index in [4.69, 9.17) is 5.73 Å². The van der Waals surface area contributed by atoms with Gasteiger partial charge in [0.2, 0.25) is 0 Å². The van der Waals surface area contributed by atoms with Crippen LogP contribution in [-0.4, -0.2) is 16.8 Å². The zero-order valence-electron chi connectivity index (χ0n) is 7.11. The summed E-state index contributed by atoms with van der Waals surface area (Å²) < 4.78 is 1.12. The van der Waals surface area contributed by atoms with Gasteiger partial charge in [0.15, 0.2) is 0 Å².